The number of allylic oxidation sites excluding steroid dienone is 1. The summed E-state index contributed by atoms with van der Waals surface area (Å²) in [5, 5.41) is 8.37. The number of nitrogens with zero attached hydrogens (tertiary/aromatic N) is 2. The molecule has 2 aliphatic rings. The Morgan fingerprint density at radius 1 is 1.16 bits per heavy atom. The number of thiazole rings is 1. The number of ether oxygens (including phenoxy) is 1. The van der Waals surface area contributed by atoms with E-state index in [-0.39, 0.29) is 18.6 Å². The zero-order valence-electron chi connectivity index (χ0n) is 21.4. The molecule has 1 saturated heterocycles. The van der Waals surface area contributed by atoms with Gasteiger partial charge in [0.25, 0.3) is 5.91 Å². The lowest BCUT2D eigenvalue weighted by Gasteiger charge is -2.31. The number of benzene rings is 1. The van der Waals surface area contributed by atoms with Crippen LogP contribution in [-0.4, -0.2) is 53.5 Å². The Hall–Kier alpha value is -3.20. The van der Waals surface area contributed by atoms with Gasteiger partial charge in [0.15, 0.2) is 0 Å². The Morgan fingerprint density at radius 3 is 2.68 bits per heavy atom. The average Bonchev–Trinajstić information content (AvgIpc) is 3.43. The number of carbonyl (C=O) groups is 3. The van der Waals surface area contributed by atoms with Crippen LogP contribution in [0, 0.1) is 0 Å². The van der Waals surface area contributed by atoms with Crippen molar-refractivity contribution in [1.29, 1.82) is 0 Å². The van der Waals surface area contributed by atoms with E-state index in [1.807, 2.05) is 35.2 Å². The van der Waals surface area contributed by atoms with Crippen LogP contribution in [0.25, 0.3) is 0 Å². The minimum absolute atomic E-state index is 0.00204. The van der Waals surface area contributed by atoms with E-state index in [4.69, 9.17) is 4.74 Å². The first-order valence-electron chi connectivity index (χ1n) is 13.2. The van der Waals surface area contributed by atoms with Gasteiger partial charge in [-0.2, -0.15) is 0 Å². The summed E-state index contributed by atoms with van der Waals surface area (Å²) >= 11 is 1.45. The van der Waals surface area contributed by atoms with Crippen molar-refractivity contribution < 1.29 is 19.1 Å². The Morgan fingerprint density at radius 2 is 1.95 bits per heavy atom. The van der Waals surface area contributed by atoms with E-state index < -0.39 is 17.9 Å². The molecule has 1 aromatic heterocycles. The van der Waals surface area contributed by atoms with Crippen LogP contribution in [0.3, 0.4) is 0 Å². The minimum atomic E-state index is -0.780. The van der Waals surface area contributed by atoms with Crippen LogP contribution in [0.2, 0.25) is 0 Å². The quantitative estimate of drug-likeness (QED) is 0.363. The van der Waals surface area contributed by atoms with E-state index in [0.29, 0.717) is 25.3 Å². The maximum absolute atomic E-state index is 12.6. The summed E-state index contributed by atoms with van der Waals surface area (Å²) in [4.78, 5) is 43.9. The topological polar surface area (TPSA) is 101 Å². The van der Waals surface area contributed by atoms with E-state index in [0.717, 1.165) is 42.7 Å². The third kappa shape index (κ3) is 7.89. The van der Waals surface area contributed by atoms with Gasteiger partial charge in [0, 0.05) is 30.9 Å². The SMILES string of the molecule is CC(NC(=O)c1csc(C2CCN(C(=O)NCCC3=CCCCC3)CC2)n1)C(=O)OCc1ccccc1. The number of amides is 3. The Bertz CT molecular complexity index is 1090. The molecule has 1 fully saturated rings. The van der Waals surface area contributed by atoms with Gasteiger partial charge in [0.1, 0.15) is 18.3 Å². The van der Waals surface area contributed by atoms with Gasteiger partial charge in [-0.1, -0.05) is 42.0 Å². The van der Waals surface area contributed by atoms with Crippen LogP contribution < -0.4 is 10.6 Å². The number of carbonyl (C=O) groups excluding carboxylic acids is 3. The lowest BCUT2D eigenvalue weighted by atomic mass is 9.97. The first-order valence-corrected chi connectivity index (χ1v) is 14.0. The van der Waals surface area contributed by atoms with Crippen LogP contribution in [0.5, 0.6) is 0 Å². The molecule has 37 heavy (non-hydrogen) atoms. The van der Waals surface area contributed by atoms with Gasteiger partial charge >= 0.3 is 12.0 Å². The molecule has 1 unspecified atom stereocenters. The predicted molar refractivity (Wildman–Crippen MR) is 143 cm³/mol. The van der Waals surface area contributed by atoms with Crippen LogP contribution in [0.1, 0.15) is 78.8 Å². The molecule has 1 atom stereocenters. The van der Waals surface area contributed by atoms with Crippen molar-refractivity contribution >= 4 is 29.2 Å². The number of hydrogen-bond acceptors (Lipinski definition) is 6. The molecule has 198 valence electrons. The monoisotopic (exact) mass is 524 g/mol. The van der Waals surface area contributed by atoms with Gasteiger partial charge in [-0.15, -0.1) is 11.3 Å². The number of likely N-dealkylation sites (tertiary alicyclic amines) is 1. The molecule has 2 aromatic rings. The highest BCUT2D eigenvalue weighted by molar-refractivity contribution is 7.09. The summed E-state index contributed by atoms with van der Waals surface area (Å²) in [6, 6.07) is 8.63. The molecule has 1 aliphatic carbocycles. The number of hydrogen-bond donors (Lipinski definition) is 2. The molecule has 3 amide bonds. The van der Waals surface area contributed by atoms with Crippen molar-refractivity contribution in [3.8, 4) is 0 Å². The summed E-state index contributed by atoms with van der Waals surface area (Å²) in [6.07, 6.45) is 9.75. The van der Waals surface area contributed by atoms with Crippen molar-refractivity contribution in [2.45, 2.75) is 70.4 Å². The molecule has 2 heterocycles. The highest BCUT2D eigenvalue weighted by Crippen LogP contribution is 2.30. The highest BCUT2D eigenvalue weighted by atomic mass is 32.1. The highest BCUT2D eigenvalue weighted by Gasteiger charge is 2.27. The second kappa shape index (κ2) is 13.4. The van der Waals surface area contributed by atoms with E-state index in [9.17, 15) is 14.4 Å². The fourth-order valence-electron chi connectivity index (χ4n) is 4.67. The first kappa shape index (κ1) is 26.9. The summed E-state index contributed by atoms with van der Waals surface area (Å²) < 4.78 is 5.30. The standard InChI is InChI=1S/C28H36N4O4S/c1-20(27(34)36-18-22-10-6-3-7-11-22)30-25(33)24-19-37-26(31-24)23-13-16-32(17-14-23)28(35)29-15-12-21-8-4-2-5-9-21/h3,6-8,10-11,19-20,23H,2,4-5,9,12-18H2,1H3,(H,29,35)(H,30,33). The molecule has 1 aromatic carbocycles. The summed E-state index contributed by atoms with van der Waals surface area (Å²) in [5.74, 6) is -0.665. The molecule has 2 N–H and O–H groups in total. The normalized spacial score (nSPS) is 17.0. The molecule has 9 heteroatoms. The van der Waals surface area contributed by atoms with Gasteiger partial charge in [-0.25, -0.2) is 14.6 Å². The third-order valence-corrected chi connectivity index (χ3v) is 7.93. The smallest absolute Gasteiger partial charge is 0.328 e. The maximum Gasteiger partial charge on any atom is 0.328 e. The molecule has 8 nitrogen and oxygen atoms in total. The lowest BCUT2D eigenvalue weighted by molar-refractivity contribution is -0.146. The van der Waals surface area contributed by atoms with Crippen molar-refractivity contribution in [1.82, 2.24) is 20.5 Å². The van der Waals surface area contributed by atoms with Gasteiger partial charge in [-0.3, -0.25) is 4.79 Å². The molecular weight excluding hydrogens is 488 g/mol. The lowest BCUT2D eigenvalue weighted by Crippen LogP contribution is -2.44. The van der Waals surface area contributed by atoms with Gasteiger partial charge in [0.05, 0.1) is 5.01 Å². The zero-order valence-corrected chi connectivity index (χ0v) is 22.2. The predicted octanol–water partition coefficient (Wildman–Crippen LogP) is 4.78. The van der Waals surface area contributed by atoms with Crippen molar-refractivity contribution in [2.24, 2.45) is 0 Å². The maximum atomic E-state index is 12.6. The van der Waals surface area contributed by atoms with Crippen LogP contribution >= 0.6 is 11.3 Å². The molecule has 0 spiro atoms. The molecule has 0 saturated carbocycles. The van der Waals surface area contributed by atoms with Crippen molar-refractivity contribution in [3.05, 3.63) is 63.6 Å². The van der Waals surface area contributed by atoms with E-state index in [1.165, 1.54) is 29.8 Å². The summed E-state index contributed by atoms with van der Waals surface area (Å²) in [6.45, 7) is 3.80. The van der Waals surface area contributed by atoms with E-state index in [1.54, 1.807) is 12.3 Å². The number of urea groups is 1. The third-order valence-electron chi connectivity index (χ3n) is 6.92. The number of aromatic nitrogens is 1. The number of esters is 1. The van der Waals surface area contributed by atoms with Gasteiger partial charge in [0.2, 0.25) is 0 Å². The van der Waals surface area contributed by atoms with Crippen LogP contribution in [0.4, 0.5) is 4.79 Å². The zero-order chi connectivity index (χ0) is 26.0. The first-order chi connectivity index (χ1) is 18.0. The van der Waals surface area contributed by atoms with Crippen LogP contribution in [0.15, 0.2) is 47.4 Å². The van der Waals surface area contributed by atoms with Crippen molar-refractivity contribution in [2.75, 3.05) is 19.6 Å². The fraction of sp³-hybridized carbons (Fsp3) is 0.500. The second-order valence-corrected chi connectivity index (χ2v) is 10.6. The Balaban J connectivity index is 1.18. The largest absolute Gasteiger partial charge is 0.459 e. The second-order valence-electron chi connectivity index (χ2n) is 9.71. The molecule has 0 radical (unpaired) electrons. The number of nitrogens with one attached hydrogen (secondary N) is 2. The van der Waals surface area contributed by atoms with Gasteiger partial charge in [-0.05, 0) is 57.4 Å². The van der Waals surface area contributed by atoms with Gasteiger partial charge < -0.3 is 20.3 Å². The fourth-order valence-corrected chi connectivity index (χ4v) is 5.64. The minimum Gasteiger partial charge on any atom is -0.459 e. The summed E-state index contributed by atoms with van der Waals surface area (Å²) in [5.41, 5.74) is 2.66. The number of rotatable bonds is 9. The number of piperidine rings is 1. The molecular formula is C28H36N4O4S. The van der Waals surface area contributed by atoms with E-state index >= 15 is 0 Å². The summed E-state index contributed by atoms with van der Waals surface area (Å²) in [7, 11) is 0. The molecule has 1 aliphatic heterocycles. The Labute approximate surface area is 222 Å². The molecule has 4 rings (SSSR count). The van der Waals surface area contributed by atoms with E-state index in [2.05, 4.69) is 21.7 Å². The molecule has 0 bridgehead atoms. The Kier molecular flexibility index (Phi) is 9.71. The average molecular weight is 525 g/mol. The van der Waals surface area contributed by atoms with Crippen LogP contribution in [-0.2, 0) is 16.1 Å². The van der Waals surface area contributed by atoms with Crippen molar-refractivity contribution in [3.63, 3.8) is 0 Å².